The first-order chi connectivity index (χ1) is 16.7. The molecule has 1 fully saturated rings. The average molecular weight is 537 g/mol. The second-order valence-corrected chi connectivity index (χ2v) is 12.1. The maximum absolute atomic E-state index is 12.8. The third kappa shape index (κ3) is 9.76. The molecule has 0 aromatic rings. The van der Waals surface area contributed by atoms with Crippen LogP contribution in [0.25, 0.3) is 0 Å². The Morgan fingerprint density at radius 3 is 1.84 bits per heavy atom. The minimum absolute atomic E-state index is 0.0550. The van der Waals surface area contributed by atoms with Crippen LogP contribution in [0.3, 0.4) is 0 Å². The van der Waals surface area contributed by atoms with E-state index >= 15 is 0 Å². The van der Waals surface area contributed by atoms with Gasteiger partial charge in [-0.15, -0.1) is 40.8 Å². The summed E-state index contributed by atoms with van der Waals surface area (Å²) in [6.07, 6.45) is -1.69. The van der Waals surface area contributed by atoms with Crippen molar-refractivity contribution in [3.63, 3.8) is 0 Å². The van der Waals surface area contributed by atoms with Gasteiger partial charge in [0.2, 0.25) is 0 Å². The molecule has 0 aromatic heterocycles. The minimum Gasteiger partial charge on any atom is -0.379 e. The third-order valence-corrected chi connectivity index (χ3v) is 7.01. The summed E-state index contributed by atoms with van der Waals surface area (Å²) < 4.78 is 11.4. The van der Waals surface area contributed by atoms with Crippen LogP contribution >= 0.6 is 0 Å². The topological polar surface area (TPSA) is 169 Å². The molecule has 1 rings (SSSR count). The first kappa shape index (κ1) is 33.2. The largest absolute Gasteiger partial charge is 0.379 e. The van der Waals surface area contributed by atoms with E-state index in [4.69, 9.17) is 9.47 Å². The zero-order chi connectivity index (χ0) is 28.8. The van der Waals surface area contributed by atoms with E-state index in [0.29, 0.717) is 25.7 Å². The van der Waals surface area contributed by atoms with Gasteiger partial charge in [0.25, 0.3) is 10.2 Å². The summed E-state index contributed by atoms with van der Waals surface area (Å²) >= 11 is 0. The number of hydroxylamine groups is 4. The fourth-order valence-corrected chi connectivity index (χ4v) is 4.74. The van der Waals surface area contributed by atoms with Crippen LogP contribution in [0, 0.1) is 20.2 Å². The lowest BCUT2D eigenvalue weighted by Crippen LogP contribution is -2.60. The van der Waals surface area contributed by atoms with E-state index in [1.807, 2.05) is 20.8 Å². The number of hydrogen-bond acceptors (Lipinski definition) is 10. The highest BCUT2D eigenvalue weighted by Gasteiger charge is 2.47. The van der Waals surface area contributed by atoms with Crippen LogP contribution < -0.4 is 0 Å². The highest BCUT2D eigenvalue weighted by Crippen LogP contribution is 2.38. The molecule has 2 radical (unpaired) electrons. The molecule has 1 saturated heterocycles. The van der Waals surface area contributed by atoms with Gasteiger partial charge in [0.15, 0.2) is 12.2 Å². The smallest absolute Gasteiger partial charge is 0.294 e. The molecule has 37 heavy (non-hydrogen) atoms. The first-order valence-electron chi connectivity index (χ1n) is 12.5. The van der Waals surface area contributed by atoms with Crippen molar-refractivity contribution in [2.24, 2.45) is 0 Å². The SMILES string of the molecule is CCC(C)(C)N([O])C(C)(C)CCOCC(O[N+](=O)[O-])C(COC1CC(C)(C)N([O])C(C)(C)C1)O[N+](=O)[O-]. The normalized spacial score (nSPS) is 20.4. The van der Waals surface area contributed by atoms with Gasteiger partial charge in [-0.3, -0.25) is 0 Å². The number of nitrogens with zero attached hydrogens (tertiary/aromatic N) is 4. The Morgan fingerprint density at radius 2 is 1.41 bits per heavy atom. The lowest BCUT2D eigenvalue weighted by molar-refractivity contribution is -0.799. The molecule has 14 heteroatoms. The van der Waals surface area contributed by atoms with Crippen molar-refractivity contribution in [1.29, 1.82) is 0 Å². The molecule has 1 aliphatic rings. The summed E-state index contributed by atoms with van der Waals surface area (Å²) in [4.78, 5) is 31.6. The fraction of sp³-hybridized carbons (Fsp3) is 1.00. The van der Waals surface area contributed by atoms with Crippen LogP contribution in [0.1, 0.15) is 88.0 Å². The van der Waals surface area contributed by atoms with Crippen molar-refractivity contribution in [1.82, 2.24) is 10.1 Å². The lowest BCUT2D eigenvalue weighted by atomic mass is 9.80. The van der Waals surface area contributed by atoms with Gasteiger partial charge in [-0.2, -0.15) is 0 Å². The molecular weight excluding hydrogens is 492 g/mol. The Kier molecular flexibility index (Phi) is 11.5. The minimum atomic E-state index is -1.46. The molecule has 0 N–H and O–H groups in total. The number of ether oxygens (including phenoxy) is 2. The monoisotopic (exact) mass is 536 g/mol. The zero-order valence-corrected chi connectivity index (χ0v) is 23.6. The summed E-state index contributed by atoms with van der Waals surface area (Å²) in [5, 5.41) is 47.5. The van der Waals surface area contributed by atoms with Gasteiger partial charge < -0.3 is 19.1 Å². The predicted molar refractivity (Wildman–Crippen MR) is 130 cm³/mol. The molecule has 2 unspecified atom stereocenters. The Balaban J connectivity index is 2.86. The van der Waals surface area contributed by atoms with Crippen molar-refractivity contribution >= 4 is 0 Å². The van der Waals surface area contributed by atoms with Crippen LogP contribution in [0.2, 0.25) is 0 Å². The maximum Gasteiger partial charge on any atom is 0.294 e. The summed E-state index contributed by atoms with van der Waals surface area (Å²) in [6, 6.07) is 0. The second-order valence-electron chi connectivity index (χ2n) is 12.1. The molecular formula is C23H44N4O10. The highest BCUT2D eigenvalue weighted by molar-refractivity contribution is 4.96. The van der Waals surface area contributed by atoms with Gasteiger partial charge in [0.05, 0.1) is 19.3 Å². The molecule has 216 valence electrons. The van der Waals surface area contributed by atoms with Gasteiger partial charge >= 0.3 is 0 Å². The maximum atomic E-state index is 12.8. The van der Waals surface area contributed by atoms with E-state index in [0.717, 1.165) is 10.1 Å². The highest BCUT2D eigenvalue weighted by atomic mass is 17.0. The van der Waals surface area contributed by atoms with Gasteiger partial charge in [0, 0.05) is 28.8 Å². The van der Waals surface area contributed by atoms with Crippen molar-refractivity contribution < 1.29 is 39.7 Å². The van der Waals surface area contributed by atoms with Crippen molar-refractivity contribution in [3.05, 3.63) is 20.2 Å². The van der Waals surface area contributed by atoms with Gasteiger partial charge in [0.1, 0.15) is 0 Å². The van der Waals surface area contributed by atoms with Crippen molar-refractivity contribution in [2.45, 2.75) is 128 Å². The fourth-order valence-electron chi connectivity index (χ4n) is 4.74. The quantitative estimate of drug-likeness (QED) is 0.161. The molecule has 0 bridgehead atoms. The predicted octanol–water partition coefficient (Wildman–Crippen LogP) is 3.55. The van der Waals surface area contributed by atoms with Crippen LogP contribution in [0.15, 0.2) is 0 Å². The third-order valence-electron chi connectivity index (χ3n) is 7.01. The van der Waals surface area contributed by atoms with Gasteiger partial charge in [-0.05, 0) is 81.1 Å². The molecule has 0 spiro atoms. The van der Waals surface area contributed by atoms with Gasteiger partial charge in [-0.1, -0.05) is 6.92 Å². The van der Waals surface area contributed by atoms with Crippen LogP contribution in [0.4, 0.5) is 0 Å². The Bertz CT molecular complexity index is 744. The molecule has 2 atom stereocenters. The van der Waals surface area contributed by atoms with Crippen molar-refractivity contribution in [2.75, 3.05) is 19.8 Å². The molecule has 0 aromatic carbocycles. The standard InChI is InChI=1S/C23H44N4O10/c1-10-20(2,3)24(28)21(4,5)11-12-34-15-18(36-26(30)31)19(37-27(32)33)16-35-17-13-22(6,7)25(29)23(8,9)14-17/h17-19H,10-16H2,1-9H3. The summed E-state index contributed by atoms with van der Waals surface area (Å²) in [6.45, 7) is 15.5. The second kappa shape index (κ2) is 12.8. The van der Waals surface area contributed by atoms with Crippen LogP contribution in [-0.2, 0) is 29.6 Å². The van der Waals surface area contributed by atoms with E-state index < -0.39 is 57.2 Å². The average Bonchev–Trinajstić information content (AvgIpc) is 2.75. The first-order valence-corrected chi connectivity index (χ1v) is 12.5. The van der Waals surface area contributed by atoms with Crippen LogP contribution in [-0.4, -0.2) is 80.6 Å². The summed E-state index contributed by atoms with van der Waals surface area (Å²) in [7, 11) is 0. The molecule has 1 aliphatic heterocycles. The van der Waals surface area contributed by atoms with E-state index in [9.17, 15) is 30.6 Å². The molecule has 0 saturated carbocycles. The van der Waals surface area contributed by atoms with Crippen molar-refractivity contribution in [3.8, 4) is 0 Å². The van der Waals surface area contributed by atoms with Gasteiger partial charge in [-0.25, -0.2) is 0 Å². The Hall–Kier alpha value is -1.84. The summed E-state index contributed by atoms with van der Waals surface area (Å²) in [5.41, 5.74) is -2.84. The number of hydrogen-bond donors (Lipinski definition) is 0. The van der Waals surface area contributed by atoms with E-state index in [2.05, 4.69) is 9.68 Å². The number of rotatable bonds is 16. The lowest BCUT2D eigenvalue weighted by Gasteiger charge is -2.49. The Morgan fingerprint density at radius 1 is 0.946 bits per heavy atom. The van der Waals surface area contributed by atoms with E-state index in [1.165, 1.54) is 0 Å². The van der Waals surface area contributed by atoms with Crippen LogP contribution in [0.5, 0.6) is 0 Å². The summed E-state index contributed by atoms with van der Waals surface area (Å²) in [5.74, 6) is 0. The zero-order valence-electron chi connectivity index (χ0n) is 23.6. The molecule has 0 aliphatic carbocycles. The van der Waals surface area contributed by atoms with E-state index in [-0.39, 0.29) is 13.2 Å². The molecule has 1 heterocycles. The Labute approximate surface area is 218 Å². The molecule has 14 nitrogen and oxygen atoms in total. The van der Waals surface area contributed by atoms with E-state index in [1.54, 1.807) is 41.5 Å². The number of piperidine rings is 1. The molecule has 0 amide bonds.